The van der Waals surface area contributed by atoms with Gasteiger partial charge in [0.1, 0.15) is 5.76 Å². The van der Waals surface area contributed by atoms with Crippen LogP contribution in [-0.2, 0) is 0 Å². The minimum absolute atomic E-state index is 0.279. The molecule has 0 atom stereocenters. The number of likely N-dealkylation sites (N-methyl/N-ethyl adjacent to an activating group) is 1. The Morgan fingerprint density at radius 1 is 1.19 bits per heavy atom. The second kappa shape index (κ2) is 5.61. The molecule has 21 heavy (non-hydrogen) atoms. The zero-order valence-corrected chi connectivity index (χ0v) is 12.0. The van der Waals surface area contributed by atoms with Gasteiger partial charge in [0.15, 0.2) is 0 Å². The molecule has 0 bridgehead atoms. The van der Waals surface area contributed by atoms with E-state index >= 15 is 0 Å². The summed E-state index contributed by atoms with van der Waals surface area (Å²) in [5.74, 6) is -0.352. The SMILES string of the molecule is CN1CCN(c2ccc(-c3ccco3)c(C(=O)O)c2)CC1. The van der Waals surface area contributed by atoms with Crippen LogP contribution in [0.3, 0.4) is 0 Å². The summed E-state index contributed by atoms with van der Waals surface area (Å²) in [6.45, 7) is 3.80. The molecule has 110 valence electrons. The van der Waals surface area contributed by atoms with Gasteiger partial charge in [0.2, 0.25) is 0 Å². The van der Waals surface area contributed by atoms with Crippen molar-refractivity contribution < 1.29 is 14.3 Å². The van der Waals surface area contributed by atoms with Gasteiger partial charge >= 0.3 is 5.97 Å². The summed E-state index contributed by atoms with van der Waals surface area (Å²) >= 11 is 0. The lowest BCUT2D eigenvalue weighted by molar-refractivity contribution is 0.0697. The summed E-state index contributed by atoms with van der Waals surface area (Å²) in [7, 11) is 2.10. The molecule has 1 N–H and O–H groups in total. The highest BCUT2D eigenvalue weighted by Gasteiger charge is 2.19. The molecule has 0 saturated carbocycles. The van der Waals surface area contributed by atoms with Crippen molar-refractivity contribution in [3.05, 3.63) is 42.2 Å². The van der Waals surface area contributed by atoms with Crippen molar-refractivity contribution in [2.75, 3.05) is 38.1 Å². The zero-order valence-electron chi connectivity index (χ0n) is 12.0. The maximum Gasteiger partial charge on any atom is 0.336 e. The van der Waals surface area contributed by atoms with Gasteiger partial charge in [-0.25, -0.2) is 4.79 Å². The molecule has 0 amide bonds. The highest BCUT2D eigenvalue weighted by atomic mass is 16.4. The number of carboxylic acids is 1. The van der Waals surface area contributed by atoms with Gasteiger partial charge < -0.3 is 19.3 Å². The molecule has 1 aliphatic rings. The lowest BCUT2D eigenvalue weighted by atomic mass is 10.0. The molecular formula is C16H18N2O3. The largest absolute Gasteiger partial charge is 0.478 e. The van der Waals surface area contributed by atoms with Crippen molar-refractivity contribution in [3.63, 3.8) is 0 Å². The summed E-state index contributed by atoms with van der Waals surface area (Å²) in [5, 5.41) is 9.46. The van der Waals surface area contributed by atoms with E-state index in [9.17, 15) is 9.90 Å². The van der Waals surface area contributed by atoms with Crippen molar-refractivity contribution >= 4 is 11.7 Å². The van der Waals surface area contributed by atoms with Crippen LogP contribution in [0.4, 0.5) is 5.69 Å². The smallest absolute Gasteiger partial charge is 0.336 e. The number of carboxylic acid groups (broad SMARTS) is 1. The maximum absolute atomic E-state index is 11.5. The van der Waals surface area contributed by atoms with Gasteiger partial charge in [0.25, 0.3) is 0 Å². The molecule has 1 aromatic heterocycles. The molecule has 0 spiro atoms. The van der Waals surface area contributed by atoms with Crippen LogP contribution in [0.15, 0.2) is 41.0 Å². The summed E-state index contributed by atoms with van der Waals surface area (Å²) in [4.78, 5) is 16.0. The fourth-order valence-corrected chi connectivity index (χ4v) is 2.62. The molecule has 1 aliphatic heterocycles. The third kappa shape index (κ3) is 2.78. The van der Waals surface area contributed by atoms with E-state index in [1.807, 2.05) is 12.1 Å². The van der Waals surface area contributed by atoms with Crippen LogP contribution in [0.5, 0.6) is 0 Å². The van der Waals surface area contributed by atoms with E-state index in [4.69, 9.17) is 4.42 Å². The Morgan fingerprint density at radius 2 is 1.95 bits per heavy atom. The molecule has 1 fully saturated rings. The molecule has 2 aromatic rings. The average Bonchev–Trinajstić information content (AvgIpc) is 3.01. The van der Waals surface area contributed by atoms with E-state index in [2.05, 4.69) is 16.8 Å². The van der Waals surface area contributed by atoms with Crippen molar-refractivity contribution in [2.24, 2.45) is 0 Å². The number of nitrogens with zero attached hydrogens (tertiary/aromatic N) is 2. The van der Waals surface area contributed by atoms with Gasteiger partial charge in [-0.3, -0.25) is 0 Å². The number of hydrogen-bond donors (Lipinski definition) is 1. The standard InChI is InChI=1S/C16H18N2O3/c1-17-6-8-18(9-7-17)12-4-5-13(14(11-12)16(19)20)15-3-2-10-21-15/h2-5,10-11H,6-9H2,1H3,(H,19,20). The molecule has 2 heterocycles. The van der Waals surface area contributed by atoms with Crippen molar-refractivity contribution in [1.82, 2.24) is 4.90 Å². The third-order valence-corrected chi connectivity index (χ3v) is 3.89. The van der Waals surface area contributed by atoms with E-state index in [0.29, 0.717) is 11.3 Å². The minimum Gasteiger partial charge on any atom is -0.478 e. The fraction of sp³-hybridized carbons (Fsp3) is 0.312. The van der Waals surface area contributed by atoms with Gasteiger partial charge in [-0.1, -0.05) is 0 Å². The molecule has 3 rings (SSSR count). The quantitative estimate of drug-likeness (QED) is 0.939. The molecule has 1 saturated heterocycles. The lowest BCUT2D eigenvalue weighted by Crippen LogP contribution is -2.44. The Morgan fingerprint density at radius 3 is 2.57 bits per heavy atom. The van der Waals surface area contributed by atoms with Crippen molar-refractivity contribution in [3.8, 4) is 11.3 Å². The van der Waals surface area contributed by atoms with Crippen LogP contribution in [0.1, 0.15) is 10.4 Å². The summed E-state index contributed by atoms with van der Waals surface area (Å²) in [5.41, 5.74) is 1.85. The van der Waals surface area contributed by atoms with Gasteiger partial charge in [-0.05, 0) is 37.4 Å². The normalized spacial score (nSPS) is 16.1. The van der Waals surface area contributed by atoms with Crippen LogP contribution >= 0.6 is 0 Å². The highest BCUT2D eigenvalue weighted by molar-refractivity contribution is 5.96. The number of piperazine rings is 1. The van der Waals surface area contributed by atoms with Crippen LogP contribution < -0.4 is 4.90 Å². The first kappa shape index (κ1) is 13.7. The molecular weight excluding hydrogens is 268 g/mol. The van der Waals surface area contributed by atoms with Gasteiger partial charge in [0, 0.05) is 37.4 Å². The highest BCUT2D eigenvalue weighted by Crippen LogP contribution is 2.29. The van der Waals surface area contributed by atoms with Crippen molar-refractivity contribution in [2.45, 2.75) is 0 Å². The van der Waals surface area contributed by atoms with Gasteiger partial charge in [-0.2, -0.15) is 0 Å². The summed E-state index contributed by atoms with van der Waals surface area (Å²) in [6.07, 6.45) is 1.55. The predicted octanol–water partition coefficient (Wildman–Crippen LogP) is 2.40. The predicted molar refractivity (Wildman–Crippen MR) is 80.8 cm³/mol. The van der Waals surface area contributed by atoms with E-state index in [1.54, 1.807) is 24.5 Å². The van der Waals surface area contributed by atoms with E-state index < -0.39 is 5.97 Å². The Balaban J connectivity index is 1.94. The Hall–Kier alpha value is -2.27. The second-order valence-corrected chi connectivity index (χ2v) is 5.30. The number of rotatable bonds is 3. The Kier molecular flexibility index (Phi) is 3.66. The Labute approximate surface area is 123 Å². The average molecular weight is 286 g/mol. The molecule has 0 aliphatic carbocycles. The lowest BCUT2D eigenvalue weighted by Gasteiger charge is -2.34. The third-order valence-electron chi connectivity index (χ3n) is 3.89. The van der Waals surface area contributed by atoms with E-state index in [1.165, 1.54) is 0 Å². The maximum atomic E-state index is 11.5. The minimum atomic E-state index is -0.933. The number of carbonyl (C=O) groups is 1. The van der Waals surface area contributed by atoms with Gasteiger partial charge in [-0.15, -0.1) is 0 Å². The van der Waals surface area contributed by atoms with Crippen LogP contribution in [0.25, 0.3) is 11.3 Å². The van der Waals surface area contributed by atoms with E-state index in [0.717, 1.165) is 31.9 Å². The van der Waals surface area contributed by atoms with E-state index in [-0.39, 0.29) is 5.56 Å². The Bertz CT molecular complexity index is 629. The number of anilines is 1. The molecule has 1 aromatic carbocycles. The van der Waals surface area contributed by atoms with Crippen LogP contribution in [0.2, 0.25) is 0 Å². The van der Waals surface area contributed by atoms with Crippen molar-refractivity contribution in [1.29, 1.82) is 0 Å². The van der Waals surface area contributed by atoms with Gasteiger partial charge in [0.05, 0.1) is 11.8 Å². The second-order valence-electron chi connectivity index (χ2n) is 5.30. The molecule has 5 nitrogen and oxygen atoms in total. The molecule has 0 unspecified atom stereocenters. The first-order chi connectivity index (χ1) is 10.1. The topological polar surface area (TPSA) is 56.9 Å². The first-order valence-electron chi connectivity index (χ1n) is 7.00. The first-order valence-corrected chi connectivity index (χ1v) is 7.00. The number of aromatic carboxylic acids is 1. The fourth-order valence-electron chi connectivity index (χ4n) is 2.62. The molecule has 0 radical (unpaired) electrons. The van der Waals surface area contributed by atoms with Crippen LogP contribution in [-0.4, -0.2) is 49.2 Å². The summed E-state index contributed by atoms with van der Waals surface area (Å²) < 4.78 is 5.33. The van der Waals surface area contributed by atoms with Crippen LogP contribution in [0, 0.1) is 0 Å². The number of hydrogen-bond acceptors (Lipinski definition) is 4. The molecule has 5 heteroatoms. The number of benzene rings is 1. The monoisotopic (exact) mass is 286 g/mol. The number of furan rings is 1. The summed E-state index contributed by atoms with van der Waals surface area (Å²) in [6, 6.07) is 9.07. The zero-order chi connectivity index (χ0) is 14.8.